The van der Waals surface area contributed by atoms with Gasteiger partial charge in [-0.15, -0.1) is 0 Å². The minimum Gasteiger partial charge on any atom is -0.310 e. The quantitative estimate of drug-likeness (QED) is 0.486. The van der Waals surface area contributed by atoms with Gasteiger partial charge in [-0.05, 0) is 0 Å². The maximum Gasteiger partial charge on any atom is 0.200 e. The first-order chi connectivity index (χ1) is 7.36. The standard InChI is InChI=1S/C10H10F5N/c1-4(2)16-3-5-6(11)8(13)10(15)9(14)7(5)12/h4,16H,3H2,1-2H3. The molecule has 0 aromatic heterocycles. The van der Waals surface area contributed by atoms with Crippen LogP contribution >= 0.6 is 0 Å². The van der Waals surface area contributed by atoms with Crippen LogP contribution in [0.5, 0.6) is 0 Å². The van der Waals surface area contributed by atoms with E-state index in [4.69, 9.17) is 0 Å². The van der Waals surface area contributed by atoms with Crippen molar-refractivity contribution in [2.75, 3.05) is 0 Å². The van der Waals surface area contributed by atoms with E-state index in [9.17, 15) is 22.0 Å². The lowest BCUT2D eigenvalue weighted by Gasteiger charge is -2.11. The Labute approximate surface area is 89.3 Å². The van der Waals surface area contributed by atoms with E-state index >= 15 is 0 Å². The second kappa shape index (κ2) is 4.78. The maximum absolute atomic E-state index is 13.1. The van der Waals surface area contributed by atoms with Crippen molar-refractivity contribution in [1.82, 2.24) is 5.32 Å². The van der Waals surface area contributed by atoms with Gasteiger partial charge in [0.15, 0.2) is 23.3 Å². The molecular weight excluding hydrogens is 229 g/mol. The van der Waals surface area contributed by atoms with Crippen molar-refractivity contribution in [1.29, 1.82) is 0 Å². The Morgan fingerprint density at radius 3 is 1.56 bits per heavy atom. The number of benzene rings is 1. The van der Waals surface area contributed by atoms with Crippen LogP contribution in [0.1, 0.15) is 19.4 Å². The molecular formula is C10H10F5N. The second-order valence-corrected chi connectivity index (χ2v) is 3.58. The van der Waals surface area contributed by atoms with Crippen molar-refractivity contribution < 1.29 is 22.0 Å². The average Bonchev–Trinajstić information content (AvgIpc) is 2.23. The molecule has 0 heterocycles. The van der Waals surface area contributed by atoms with Gasteiger partial charge in [-0.1, -0.05) is 13.8 Å². The molecule has 1 aromatic carbocycles. The number of rotatable bonds is 3. The highest BCUT2D eigenvalue weighted by Gasteiger charge is 2.25. The van der Waals surface area contributed by atoms with Crippen LogP contribution in [0.2, 0.25) is 0 Å². The summed E-state index contributed by atoms with van der Waals surface area (Å²) in [6.45, 7) is 2.96. The van der Waals surface area contributed by atoms with Crippen LogP contribution < -0.4 is 5.32 Å². The smallest absolute Gasteiger partial charge is 0.200 e. The van der Waals surface area contributed by atoms with Crippen LogP contribution in [0.15, 0.2) is 0 Å². The highest BCUT2D eigenvalue weighted by Crippen LogP contribution is 2.22. The molecule has 16 heavy (non-hydrogen) atoms. The summed E-state index contributed by atoms with van der Waals surface area (Å²) in [5.74, 6) is -9.55. The van der Waals surface area contributed by atoms with Gasteiger partial charge in [-0.2, -0.15) is 0 Å². The molecule has 6 heteroatoms. The van der Waals surface area contributed by atoms with Gasteiger partial charge in [0.25, 0.3) is 0 Å². The van der Waals surface area contributed by atoms with E-state index < -0.39 is 41.2 Å². The van der Waals surface area contributed by atoms with Gasteiger partial charge in [0.05, 0.1) is 0 Å². The zero-order valence-electron chi connectivity index (χ0n) is 8.67. The zero-order chi connectivity index (χ0) is 12.5. The van der Waals surface area contributed by atoms with Crippen LogP contribution in [-0.2, 0) is 6.54 Å². The summed E-state index contributed by atoms with van der Waals surface area (Å²) >= 11 is 0. The lowest BCUT2D eigenvalue weighted by atomic mass is 10.1. The summed E-state index contributed by atoms with van der Waals surface area (Å²) in [6.07, 6.45) is 0. The minimum atomic E-state index is -2.14. The van der Waals surface area contributed by atoms with Crippen molar-refractivity contribution in [3.05, 3.63) is 34.6 Å². The van der Waals surface area contributed by atoms with Gasteiger partial charge < -0.3 is 5.32 Å². The monoisotopic (exact) mass is 239 g/mol. The molecule has 0 saturated carbocycles. The normalized spacial score (nSPS) is 11.2. The van der Waals surface area contributed by atoms with E-state index in [2.05, 4.69) is 5.32 Å². The van der Waals surface area contributed by atoms with E-state index in [0.717, 1.165) is 0 Å². The molecule has 90 valence electrons. The maximum atomic E-state index is 13.1. The van der Waals surface area contributed by atoms with Crippen LogP contribution in [0.4, 0.5) is 22.0 Å². The Balaban J connectivity index is 3.18. The molecule has 1 N–H and O–H groups in total. The number of hydrogen-bond acceptors (Lipinski definition) is 1. The highest BCUT2D eigenvalue weighted by atomic mass is 19.2. The molecule has 0 aliphatic rings. The van der Waals surface area contributed by atoms with Crippen LogP contribution in [0, 0.1) is 29.1 Å². The fourth-order valence-corrected chi connectivity index (χ4v) is 1.11. The Kier molecular flexibility index (Phi) is 3.85. The van der Waals surface area contributed by atoms with E-state index in [1.54, 1.807) is 13.8 Å². The fourth-order valence-electron chi connectivity index (χ4n) is 1.11. The third-order valence-corrected chi connectivity index (χ3v) is 1.99. The topological polar surface area (TPSA) is 12.0 Å². The van der Waals surface area contributed by atoms with Crippen molar-refractivity contribution in [3.8, 4) is 0 Å². The first-order valence-corrected chi connectivity index (χ1v) is 4.60. The molecule has 0 aliphatic heterocycles. The van der Waals surface area contributed by atoms with Crippen LogP contribution in [-0.4, -0.2) is 6.04 Å². The van der Waals surface area contributed by atoms with Crippen molar-refractivity contribution in [2.24, 2.45) is 0 Å². The molecule has 0 saturated heterocycles. The van der Waals surface area contributed by atoms with Crippen molar-refractivity contribution in [3.63, 3.8) is 0 Å². The van der Waals surface area contributed by atoms with Crippen molar-refractivity contribution in [2.45, 2.75) is 26.4 Å². The number of halogens is 5. The van der Waals surface area contributed by atoms with Crippen LogP contribution in [0.3, 0.4) is 0 Å². The van der Waals surface area contributed by atoms with E-state index in [0.29, 0.717) is 0 Å². The van der Waals surface area contributed by atoms with Gasteiger partial charge in [0, 0.05) is 18.2 Å². The number of nitrogens with one attached hydrogen (secondary N) is 1. The molecule has 0 amide bonds. The third-order valence-electron chi connectivity index (χ3n) is 1.99. The summed E-state index contributed by atoms with van der Waals surface area (Å²) in [4.78, 5) is 0. The van der Waals surface area contributed by atoms with Gasteiger partial charge in [0.2, 0.25) is 5.82 Å². The molecule has 0 bridgehead atoms. The molecule has 1 nitrogen and oxygen atoms in total. The summed E-state index contributed by atoms with van der Waals surface area (Å²) in [5, 5.41) is 2.58. The van der Waals surface area contributed by atoms with Gasteiger partial charge in [-0.3, -0.25) is 0 Å². The lowest BCUT2D eigenvalue weighted by molar-refractivity contribution is 0.365. The van der Waals surface area contributed by atoms with E-state index in [1.165, 1.54) is 0 Å². The molecule has 1 rings (SSSR count). The summed E-state index contributed by atoms with van der Waals surface area (Å²) in [5.41, 5.74) is -0.842. The van der Waals surface area contributed by atoms with Gasteiger partial charge in [-0.25, -0.2) is 22.0 Å². The Bertz CT molecular complexity index is 374. The highest BCUT2D eigenvalue weighted by molar-refractivity contribution is 5.23. The van der Waals surface area contributed by atoms with Gasteiger partial charge in [0.1, 0.15) is 0 Å². The molecule has 0 unspecified atom stereocenters. The Morgan fingerprint density at radius 2 is 1.19 bits per heavy atom. The van der Waals surface area contributed by atoms with Crippen molar-refractivity contribution >= 4 is 0 Å². The third kappa shape index (κ3) is 2.32. The first-order valence-electron chi connectivity index (χ1n) is 4.60. The van der Waals surface area contributed by atoms with E-state index in [-0.39, 0.29) is 6.04 Å². The predicted octanol–water partition coefficient (Wildman–Crippen LogP) is 2.88. The Morgan fingerprint density at radius 1 is 0.812 bits per heavy atom. The molecule has 0 aliphatic carbocycles. The molecule has 0 atom stereocenters. The summed E-state index contributed by atoms with van der Waals surface area (Å²) < 4.78 is 64.3. The van der Waals surface area contributed by atoms with Crippen LogP contribution in [0.25, 0.3) is 0 Å². The molecule has 0 fully saturated rings. The molecule has 0 radical (unpaired) electrons. The summed E-state index contributed by atoms with van der Waals surface area (Å²) in [7, 11) is 0. The minimum absolute atomic E-state index is 0.130. The second-order valence-electron chi connectivity index (χ2n) is 3.58. The Hall–Kier alpha value is -1.17. The summed E-state index contributed by atoms with van der Waals surface area (Å²) in [6, 6.07) is -0.130. The van der Waals surface area contributed by atoms with Gasteiger partial charge >= 0.3 is 0 Å². The number of hydrogen-bond donors (Lipinski definition) is 1. The average molecular weight is 239 g/mol. The molecule has 0 spiro atoms. The zero-order valence-corrected chi connectivity index (χ0v) is 8.67. The molecule has 1 aromatic rings. The lowest BCUT2D eigenvalue weighted by Crippen LogP contribution is -2.24. The fraction of sp³-hybridized carbons (Fsp3) is 0.400. The predicted molar refractivity (Wildman–Crippen MR) is 48.2 cm³/mol. The van der Waals surface area contributed by atoms with E-state index in [1.807, 2.05) is 0 Å². The largest absolute Gasteiger partial charge is 0.310 e. The first kappa shape index (κ1) is 12.9. The SMILES string of the molecule is CC(C)NCc1c(F)c(F)c(F)c(F)c1F.